The summed E-state index contributed by atoms with van der Waals surface area (Å²) in [6.07, 6.45) is 27.0. The van der Waals surface area contributed by atoms with Gasteiger partial charge in [0.2, 0.25) is 0 Å². The molecule has 0 radical (unpaired) electrons. The first-order chi connectivity index (χ1) is 12.8. The first kappa shape index (κ1) is 23.2. The van der Waals surface area contributed by atoms with E-state index in [0.29, 0.717) is 11.3 Å². The highest BCUT2D eigenvalue weighted by Gasteiger charge is 2.26. The highest BCUT2D eigenvalue weighted by molar-refractivity contribution is 5.36. The average molecular weight is 365 g/mol. The zero-order valence-corrected chi connectivity index (χ0v) is 18.7. The summed E-state index contributed by atoms with van der Waals surface area (Å²) >= 11 is 0. The minimum atomic E-state index is 0.315. The normalized spacial score (nSPS) is 20.7. The Labute approximate surface area is 168 Å². The summed E-state index contributed by atoms with van der Waals surface area (Å²) in [5.74, 6) is 0.548. The molecule has 0 aromatic carbocycles. The second-order valence-corrected chi connectivity index (χ2v) is 8.61. The van der Waals surface area contributed by atoms with Crippen molar-refractivity contribution in [2.75, 3.05) is 0 Å². The summed E-state index contributed by atoms with van der Waals surface area (Å²) in [6, 6.07) is 0. The van der Waals surface area contributed by atoms with Crippen molar-refractivity contribution in [3.05, 3.63) is 83.1 Å². The van der Waals surface area contributed by atoms with Crippen molar-refractivity contribution in [2.45, 2.75) is 74.1 Å². The van der Waals surface area contributed by atoms with Crippen molar-refractivity contribution in [1.29, 1.82) is 0 Å². The Morgan fingerprint density at radius 1 is 1.07 bits per heavy atom. The lowest BCUT2D eigenvalue weighted by molar-refractivity contribution is 0.377. The Bertz CT molecular complexity index is 669. The van der Waals surface area contributed by atoms with E-state index < -0.39 is 0 Å². The van der Waals surface area contributed by atoms with E-state index in [1.54, 1.807) is 5.57 Å². The summed E-state index contributed by atoms with van der Waals surface area (Å²) in [7, 11) is 0. The van der Waals surface area contributed by atoms with Crippen LogP contribution in [0.5, 0.6) is 0 Å². The van der Waals surface area contributed by atoms with E-state index in [9.17, 15) is 0 Å². The zero-order chi connectivity index (χ0) is 20.3. The summed E-state index contributed by atoms with van der Waals surface area (Å²) in [5.41, 5.74) is 6.00. The largest absolute Gasteiger partial charge is 0.0874 e. The molecule has 1 aliphatic rings. The third-order valence-electron chi connectivity index (χ3n) is 5.29. The third-order valence-corrected chi connectivity index (χ3v) is 5.29. The molecule has 1 rings (SSSR count). The van der Waals surface area contributed by atoms with Gasteiger partial charge in [0.1, 0.15) is 0 Å². The second-order valence-electron chi connectivity index (χ2n) is 8.61. The molecule has 1 aliphatic carbocycles. The number of hydrogen-bond acceptors (Lipinski definition) is 0. The monoisotopic (exact) mass is 364 g/mol. The molecule has 0 nitrogen and oxygen atoms in total. The first-order valence-electron chi connectivity index (χ1n) is 10.5. The molecule has 0 bridgehead atoms. The summed E-state index contributed by atoms with van der Waals surface area (Å²) in [4.78, 5) is 0. The van der Waals surface area contributed by atoms with Gasteiger partial charge in [-0.15, -0.1) is 0 Å². The lowest BCUT2D eigenvalue weighted by Crippen LogP contribution is -2.19. The summed E-state index contributed by atoms with van der Waals surface area (Å²) < 4.78 is 0. The molecule has 0 aliphatic heterocycles. The van der Waals surface area contributed by atoms with Crippen molar-refractivity contribution in [1.82, 2.24) is 0 Å². The molecular formula is C27H40. The van der Waals surface area contributed by atoms with Gasteiger partial charge in [-0.1, -0.05) is 98.3 Å². The molecule has 1 unspecified atom stereocenters. The SMILES string of the molecule is C/C=C/C(C)=C/C=C/CC(C)/C=C/C=C(C)\C=C\C1=C(C)CCCC1(C)C. The minimum Gasteiger partial charge on any atom is -0.0874 e. The molecule has 0 saturated carbocycles. The van der Waals surface area contributed by atoms with Crippen LogP contribution in [-0.2, 0) is 0 Å². The molecule has 0 saturated heterocycles. The van der Waals surface area contributed by atoms with Crippen LogP contribution < -0.4 is 0 Å². The van der Waals surface area contributed by atoms with Crippen LogP contribution in [0.1, 0.15) is 74.1 Å². The Morgan fingerprint density at radius 2 is 1.74 bits per heavy atom. The quantitative estimate of drug-likeness (QED) is 0.378. The molecule has 27 heavy (non-hydrogen) atoms. The Kier molecular flexibility index (Phi) is 10.1. The predicted octanol–water partition coefficient (Wildman–Crippen LogP) is 8.68. The maximum absolute atomic E-state index is 2.37. The molecule has 0 N–H and O–H groups in total. The van der Waals surface area contributed by atoms with Crippen molar-refractivity contribution >= 4 is 0 Å². The molecule has 0 heterocycles. The van der Waals surface area contributed by atoms with Crippen LogP contribution in [-0.4, -0.2) is 0 Å². The van der Waals surface area contributed by atoms with Gasteiger partial charge >= 0.3 is 0 Å². The van der Waals surface area contributed by atoms with Crippen LogP contribution in [0.25, 0.3) is 0 Å². The molecular weight excluding hydrogens is 324 g/mol. The van der Waals surface area contributed by atoms with Crippen molar-refractivity contribution < 1.29 is 0 Å². The maximum Gasteiger partial charge on any atom is -0.0104 e. The van der Waals surface area contributed by atoms with Crippen LogP contribution in [0.3, 0.4) is 0 Å². The van der Waals surface area contributed by atoms with Crippen LogP contribution in [0.4, 0.5) is 0 Å². The lowest BCUT2D eigenvalue weighted by Gasteiger charge is -2.32. The van der Waals surface area contributed by atoms with E-state index in [1.807, 2.05) is 6.92 Å². The summed E-state index contributed by atoms with van der Waals surface area (Å²) in [5, 5.41) is 0. The van der Waals surface area contributed by atoms with Gasteiger partial charge in [0.05, 0.1) is 0 Å². The van der Waals surface area contributed by atoms with E-state index in [4.69, 9.17) is 0 Å². The molecule has 0 aromatic heterocycles. The van der Waals surface area contributed by atoms with Gasteiger partial charge in [0.15, 0.2) is 0 Å². The second kappa shape index (κ2) is 11.8. The highest BCUT2D eigenvalue weighted by Crippen LogP contribution is 2.40. The standard InChI is InChI=1S/C27H40/c1-8-13-22(2)14-9-10-15-23(3)16-11-17-24(4)19-20-26-25(5)18-12-21-27(26,6)7/h8-11,13-14,16-17,19-20,23H,12,15,18,21H2,1-7H3/b10-9+,13-8+,16-11+,20-19+,22-14+,24-17-. The van der Waals surface area contributed by atoms with Crippen LogP contribution >= 0.6 is 0 Å². The highest BCUT2D eigenvalue weighted by atomic mass is 14.3. The zero-order valence-electron chi connectivity index (χ0n) is 18.7. The van der Waals surface area contributed by atoms with Gasteiger partial charge in [-0.3, -0.25) is 0 Å². The molecule has 148 valence electrons. The molecule has 1 atom stereocenters. The fourth-order valence-corrected chi connectivity index (χ4v) is 3.59. The topological polar surface area (TPSA) is 0 Å². The van der Waals surface area contributed by atoms with Gasteiger partial charge in [-0.25, -0.2) is 0 Å². The molecule has 0 heteroatoms. The Morgan fingerprint density at radius 3 is 2.41 bits per heavy atom. The van der Waals surface area contributed by atoms with Gasteiger partial charge in [-0.2, -0.15) is 0 Å². The van der Waals surface area contributed by atoms with Gasteiger partial charge in [0.25, 0.3) is 0 Å². The van der Waals surface area contributed by atoms with Gasteiger partial charge < -0.3 is 0 Å². The van der Waals surface area contributed by atoms with E-state index in [2.05, 4.69) is 102 Å². The van der Waals surface area contributed by atoms with Gasteiger partial charge in [-0.05, 0) is 70.3 Å². The average Bonchev–Trinajstić information content (AvgIpc) is 2.58. The number of allylic oxidation sites excluding steroid dienone is 14. The minimum absolute atomic E-state index is 0.315. The smallest absolute Gasteiger partial charge is 0.0104 e. The van der Waals surface area contributed by atoms with E-state index >= 15 is 0 Å². The van der Waals surface area contributed by atoms with Crippen molar-refractivity contribution in [2.24, 2.45) is 11.3 Å². The molecule has 0 fully saturated rings. The summed E-state index contributed by atoms with van der Waals surface area (Å²) in [6.45, 7) is 15.7. The maximum atomic E-state index is 2.37. The number of rotatable bonds is 8. The Balaban J connectivity index is 2.58. The van der Waals surface area contributed by atoms with Crippen molar-refractivity contribution in [3.63, 3.8) is 0 Å². The fourth-order valence-electron chi connectivity index (χ4n) is 3.59. The number of hydrogen-bond donors (Lipinski definition) is 0. The molecule has 0 aromatic rings. The van der Waals surface area contributed by atoms with Crippen LogP contribution in [0, 0.1) is 11.3 Å². The lowest BCUT2D eigenvalue weighted by atomic mass is 9.72. The van der Waals surface area contributed by atoms with E-state index in [-0.39, 0.29) is 0 Å². The third kappa shape index (κ3) is 9.09. The molecule has 0 spiro atoms. The Hall–Kier alpha value is -1.82. The van der Waals surface area contributed by atoms with Crippen LogP contribution in [0.15, 0.2) is 83.1 Å². The van der Waals surface area contributed by atoms with Gasteiger partial charge in [0, 0.05) is 0 Å². The van der Waals surface area contributed by atoms with E-state index in [0.717, 1.165) is 6.42 Å². The first-order valence-corrected chi connectivity index (χ1v) is 10.5. The molecule has 0 amide bonds. The van der Waals surface area contributed by atoms with E-state index in [1.165, 1.54) is 36.0 Å². The van der Waals surface area contributed by atoms with Crippen LogP contribution in [0.2, 0.25) is 0 Å². The predicted molar refractivity (Wildman–Crippen MR) is 124 cm³/mol. The van der Waals surface area contributed by atoms with Crippen molar-refractivity contribution in [3.8, 4) is 0 Å². The fraction of sp³-hybridized carbons (Fsp3) is 0.481.